The van der Waals surface area contributed by atoms with Crippen LogP contribution in [0.4, 0.5) is 0 Å². The Labute approximate surface area is 229 Å². The van der Waals surface area contributed by atoms with Gasteiger partial charge in [-0.1, -0.05) is 74.0 Å². The number of ether oxygens (including phenoxy) is 2. The molecule has 1 unspecified atom stereocenters. The molecule has 2 amide bonds. The lowest BCUT2D eigenvalue weighted by Crippen LogP contribution is -2.51. The van der Waals surface area contributed by atoms with Crippen LogP contribution in [0.15, 0.2) is 72.8 Å². The second-order valence-corrected chi connectivity index (χ2v) is 10.4. The number of halogens is 1. The number of amides is 2. The molecule has 1 heterocycles. The highest BCUT2D eigenvalue weighted by Crippen LogP contribution is 2.31. The predicted molar refractivity (Wildman–Crippen MR) is 150 cm³/mol. The maximum Gasteiger partial charge on any atom is 0.243 e. The molecular weight excluding hydrogens is 500 g/mol. The third-order valence-corrected chi connectivity index (χ3v) is 6.67. The number of carbonyl (C=O) groups is 2. The number of benzene rings is 3. The number of hydrogen-bond donors (Lipinski definition) is 1. The zero-order valence-corrected chi connectivity index (χ0v) is 22.7. The van der Waals surface area contributed by atoms with Crippen molar-refractivity contribution in [3.8, 4) is 11.5 Å². The molecule has 38 heavy (non-hydrogen) atoms. The minimum Gasteiger partial charge on any atom is -0.486 e. The van der Waals surface area contributed by atoms with Crippen LogP contribution in [0.2, 0.25) is 5.02 Å². The van der Waals surface area contributed by atoms with Crippen LogP contribution in [0.25, 0.3) is 0 Å². The Morgan fingerprint density at radius 1 is 0.895 bits per heavy atom. The lowest BCUT2D eigenvalue weighted by Gasteiger charge is -2.32. The summed E-state index contributed by atoms with van der Waals surface area (Å²) >= 11 is 6.26. The number of carbonyl (C=O) groups excluding carboxylic acids is 2. The first kappa shape index (κ1) is 27.5. The van der Waals surface area contributed by atoms with Gasteiger partial charge >= 0.3 is 0 Å². The number of hydrogen-bond acceptors (Lipinski definition) is 4. The van der Waals surface area contributed by atoms with Crippen LogP contribution in [0.1, 0.15) is 37.0 Å². The van der Waals surface area contributed by atoms with E-state index in [9.17, 15) is 9.59 Å². The number of aryl methyl sites for hydroxylation is 1. The van der Waals surface area contributed by atoms with Crippen molar-refractivity contribution >= 4 is 23.4 Å². The average Bonchev–Trinajstić information content (AvgIpc) is 2.92. The minimum atomic E-state index is -0.664. The monoisotopic (exact) mass is 534 g/mol. The molecule has 4 rings (SSSR count). The predicted octanol–water partition coefficient (Wildman–Crippen LogP) is 5.46. The Kier molecular flexibility index (Phi) is 9.66. The maximum absolute atomic E-state index is 13.8. The molecule has 0 aromatic heterocycles. The minimum absolute atomic E-state index is 0.0968. The summed E-state index contributed by atoms with van der Waals surface area (Å²) in [6.45, 7) is 5.97. The Balaban J connectivity index is 1.59. The number of rotatable bonds is 11. The molecule has 0 fully saturated rings. The summed E-state index contributed by atoms with van der Waals surface area (Å²) in [5, 5.41) is 3.65. The van der Waals surface area contributed by atoms with Gasteiger partial charge in [-0.05, 0) is 53.3 Å². The van der Waals surface area contributed by atoms with E-state index in [2.05, 4.69) is 19.2 Å². The molecule has 0 saturated heterocycles. The van der Waals surface area contributed by atoms with Crippen molar-refractivity contribution in [1.29, 1.82) is 0 Å². The Bertz CT molecular complexity index is 1230. The Morgan fingerprint density at radius 2 is 1.63 bits per heavy atom. The van der Waals surface area contributed by atoms with Crippen LogP contribution < -0.4 is 14.8 Å². The fourth-order valence-corrected chi connectivity index (χ4v) is 4.66. The van der Waals surface area contributed by atoms with Crippen LogP contribution in [0.5, 0.6) is 11.5 Å². The molecule has 1 N–H and O–H groups in total. The highest BCUT2D eigenvalue weighted by Gasteiger charge is 2.30. The fourth-order valence-electron chi connectivity index (χ4n) is 4.45. The summed E-state index contributed by atoms with van der Waals surface area (Å²) < 4.78 is 11.3. The van der Waals surface area contributed by atoms with Gasteiger partial charge in [0.25, 0.3) is 0 Å². The molecule has 1 aliphatic heterocycles. The molecule has 3 aromatic rings. The van der Waals surface area contributed by atoms with E-state index in [1.807, 2.05) is 66.7 Å². The summed E-state index contributed by atoms with van der Waals surface area (Å²) in [4.78, 5) is 29.1. The smallest absolute Gasteiger partial charge is 0.243 e. The van der Waals surface area contributed by atoms with Crippen LogP contribution >= 0.6 is 11.6 Å². The van der Waals surface area contributed by atoms with Crippen molar-refractivity contribution in [3.05, 3.63) is 94.5 Å². The summed E-state index contributed by atoms with van der Waals surface area (Å²) in [5.74, 6) is 1.46. The van der Waals surface area contributed by atoms with Gasteiger partial charge in [-0.25, -0.2) is 0 Å². The van der Waals surface area contributed by atoms with Gasteiger partial charge < -0.3 is 19.7 Å². The van der Waals surface area contributed by atoms with Gasteiger partial charge in [0.15, 0.2) is 11.5 Å². The standard InChI is InChI=1S/C31H35ClN2O4/c1-22(2)20-33-31(36)27(18-23-7-4-3-5-8-23)34(21-25-9-6-10-26(32)17-25)30(35)14-12-24-11-13-28-29(19-24)38-16-15-37-28/h3-11,13,17,19,22,27H,12,14-16,18,20-21H2,1-2H3,(H,33,36). The second-order valence-electron chi connectivity index (χ2n) is 9.97. The van der Waals surface area contributed by atoms with Crippen LogP contribution in [0, 0.1) is 5.92 Å². The summed E-state index contributed by atoms with van der Waals surface area (Å²) in [5.41, 5.74) is 2.85. The molecule has 0 bridgehead atoms. The molecule has 0 radical (unpaired) electrons. The van der Waals surface area contributed by atoms with E-state index in [4.69, 9.17) is 21.1 Å². The van der Waals surface area contributed by atoms with Gasteiger partial charge in [0, 0.05) is 31.0 Å². The maximum atomic E-state index is 13.8. The molecule has 3 aromatic carbocycles. The third kappa shape index (κ3) is 7.75. The first-order valence-corrected chi connectivity index (χ1v) is 13.5. The molecule has 1 atom stereocenters. The van der Waals surface area contributed by atoms with E-state index in [0.717, 1.165) is 22.4 Å². The van der Waals surface area contributed by atoms with Gasteiger partial charge in [-0.15, -0.1) is 0 Å². The lowest BCUT2D eigenvalue weighted by atomic mass is 10.0. The molecule has 6 nitrogen and oxygen atoms in total. The molecule has 0 spiro atoms. The summed E-state index contributed by atoms with van der Waals surface area (Å²) in [6, 6.07) is 22.4. The number of fused-ring (bicyclic) bond motifs is 1. The quantitative estimate of drug-likeness (QED) is 0.355. The average molecular weight is 535 g/mol. The molecule has 200 valence electrons. The summed E-state index contributed by atoms with van der Waals surface area (Å²) in [7, 11) is 0. The Morgan fingerprint density at radius 3 is 2.37 bits per heavy atom. The van der Waals surface area contributed by atoms with Crippen molar-refractivity contribution < 1.29 is 19.1 Å². The van der Waals surface area contributed by atoms with E-state index in [-0.39, 0.29) is 24.8 Å². The highest BCUT2D eigenvalue weighted by atomic mass is 35.5. The van der Waals surface area contributed by atoms with E-state index in [1.54, 1.807) is 11.0 Å². The van der Waals surface area contributed by atoms with Gasteiger partial charge in [0.1, 0.15) is 19.3 Å². The topological polar surface area (TPSA) is 67.9 Å². The number of nitrogens with zero attached hydrogens (tertiary/aromatic N) is 1. The van der Waals surface area contributed by atoms with Crippen LogP contribution in [-0.4, -0.2) is 42.5 Å². The van der Waals surface area contributed by atoms with Crippen LogP contribution in [-0.2, 0) is 29.0 Å². The van der Waals surface area contributed by atoms with Gasteiger partial charge in [-0.2, -0.15) is 0 Å². The van der Waals surface area contributed by atoms with Gasteiger partial charge in [-0.3, -0.25) is 9.59 Å². The zero-order chi connectivity index (χ0) is 26.9. The second kappa shape index (κ2) is 13.3. The van der Waals surface area contributed by atoms with E-state index >= 15 is 0 Å². The first-order chi connectivity index (χ1) is 18.4. The molecule has 7 heteroatoms. The number of nitrogens with one attached hydrogen (secondary N) is 1. The van der Waals surface area contributed by atoms with E-state index < -0.39 is 6.04 Å². The lowest BCUT2D eigenvalue weighted by molar-refractivity contribution is -0.141. The SMILES string of the molecule is CC(C)CNC(=O)C(Cc1ccccc1)N(Cc1cccc(Cl)c1)C(=O)CCc1ccc2c(c1)OCCO2. The van der Waals surface area contributed by atoms with Crippen molar-refractivity contribution in [3.63, 3.8) is 0 Å². The van der Waals surface area contributed by atoms with Crippen molar-refractivity contribution in [1.82, 2.24) is 10.2 Å². The van der Waals surface area contributed by atoms with Crippen molar-refractivity contribution in [2.24, 2.45) is 5.92 Å². The van der Waals surface area contributed by atoms with Crippen molar-refractivity contribution in [2.45, 2.75) is 45.7 Å². The van der Waals surface area contributed by atoms with Crippen molar-refractivity contribution in [2.75, 3.05) is 19.8 Å². The highest BCUT2D eigenvalue weighted by molar-refractivity contribution is 6.30. The summed E-state index contributed by atoms with van der Waals surface area (Å²) in [6.07, 6.45) is 1.19. The zero-order valence-electron chi connectivity index (χ0n) is 22.0. The third-order valence-electron chi connectivity index (χ3n) is 6.43. The fraction of sp³-hybridized carbons (Fsp3) is 0.355. The van der Waals surface area contributed by atoms with Crippen LogP contribution in [0.3, 0.4) is 0 Å². The largest absolute Gasteiger partial charge is 0.486 e. The Hall–Kier alpha value is -3.51. The normalized spacial score (nSPS) is 13.2. The molecular formula is C31H35ClN2O4. The molecule has 0 aliphatic carbocycles. The molecule has 0 saturated carbocycles. The van der Waals surface area contributed by atoms with Gasteiger partial charge in [0.2, 0.25) is 11.8 Å². The van der Waals surface area contributed by atoms with E-state index in [0.29, 0.717) is 49.3 Å². The van der Waals surface area contributed by atoms with E-state index in [1.165, 1.54) is 0 Å². The van der Waals surface area contributed by atoms with Gasteiger partial charge in [0.05, 0.1) is 0 Å². The molecule has 1 aliphatic rings. The first-order valence-electron chi connectivity index (χ1n) is 13.1.